The van der Waals surface area contributed by atoms with Gasteiger partial charge in [-0.25, -0.2) is 0 Å². The van der Waals surface area contributed by atoms with Crippen LogP contribution in [0.25, 0.3) is 0 Å². The van der Waals surface area contributed by atoms with Crippen LogP contribution in [0.5, 0.6) is 0 Å². The van der Waals surface area contributed by atoms with Crippen LogP contribution in [0.1, 0.15) is 98.3 Å². The Morgan fingerprint density at radius 3 is 2.39 bits per heavy atom. The normalized spacial score (nSPS) is 51.9. The van der Waals surface area contributed by atoms with Crippen LogP contribution in [0, 0.1) is 52.3 Å². The van der Waals surface area contributed by atoms with E-state index in [0.29, 0.717) is 35.2 Å². The van der Waals surface area contributed by atoms with Gasteiger partial charge < -0.3 is 10.2 Å². The molecule has 0 saturated heterocycles. The fourth-order valence-corrected chi connectivity index (χ4v) is 9.63. The van der Waals surface area contributed by atoms with E-state index in [9.17, 15) is 10.2 Å². The van der Waals surface area contributed by atoms with Gasteiger partial charge in [-0.2, -0.15) is 0 Å². The van der Waals surface area contributed by atoms with E-state index in [1.54, 1.807) is 0 Å². The monoisotopic (exact) mass is 390 g/mol. The first-order chi connectivity index (χ1) is 13.4. The number of rotatable bonds is 5. The predicted molar refractivity (Wildman–Crippen MR) is 116 cm³/mol. The van der Waals surface area contributed by atoms with Crippen molar-refractivity contribution in [3.8, 4) is 0 Å². The van der Waals surface area contributed by atoms with Crippen molar-refractivity contribution in [3.05, 3.63) is 0 Å². The molecule has 0 aromatic heterocycles. The Bertz CT molecular complexity index is 547. The van der Waals surface area contributed by atoms with Crippen molar-refractivity contribution in [2.45, 2.75) is 104 Å². The molecule has 2 heteroatoms. The van der Waals surface area contributed by atoms with Gasteiger partial charge in [-0.15, -0.1) is 0 Å². The van der Waals surface area contributed by atoms with E-state index in [0.717, 1.165) is 42.9 Å². The molecule has 0 aromatic carbocycles. The van der Waals surface area contributed by atoms with Crippen molar-refractivity contribution < 1.29 is 10.2 Å². The highest BCUT2D eigenvalue weighted by Crippen LogP contribution is 2.69. The lowest BCUT2D eigenvalue weighted by molar-refractivity contribution is -0.194. The van der Waals surface area contributed by atoms with Gasteiger partial charge in [0.2, 0.25) is 0 Å². The van der Waals surface area contributed by atoms with E-state index in [-0.39, 0.29) is 6.10 Å². The zero-order valence-electron chi connectivity index (χ0n) is 19.0. The van der Waals surface area contributed by atoms with E-state index < -0.39 is 0 Å². The van der Waals surface area contributed by atoms with E-state index in [2.05, 4.69) is 27.7 Å². The van der Waals surface area contributed by atoms with Crippen LogP contribution < -0.4 is 0 Å². The SMILES string of the molecule is CC[C@@H]1C(O)C2C3CC[C@H]([C@H](C)CCCO)[C@@]3(C)CCC2[C@@]2(C)CCCC[C@@H]12. The third-order valence-electron chi connectivity index (χ3n) is 10.9. The van der Waals surface area contributed by atoms with Gasteiger partial charge >= 0.3 is 0 Å². The molecule has 162 valence electrons. The lowest BCUT2D eigenvalue weighted by Gasteiger charge is -2.64. The molecule has 0 aliphatic heterocycles. The molecule has 0 spiro atoms. The molecule has 0 bridgehead atoms. The maximum atomic E-state index is 11.7. The molecule has 4 saturated carbocycles. The number of hydrogen-bond acceptors (Lipinski definition) is 2. The molecule has 0 amide bonds. The summed E-state index contributed by atoms with van der Waals surface area (Å²) in [4.78, 5) is 0. The summed E-state index contributed by atoms with van der Waals surface area (Å²) in [5.74, 6) is 4.79. The summed E-state index contributed by atoms with van der Waals surface area (Å²) in [7, 11) is 0. The summed E-state index contributed by atoms with van der Waals surface area (Å²) in [6, 6.07) is 0. The van der Waals surface area contributed by atoms with E-state index in [1.165, 1.54) is 51.4 Å². The van der Waals surface area contributed by atoms with E-state index in [4.69, 9.17) is 0 Å². The van der Waals surface area contributed by atoms with Crippen molar-refractivity contribution in [1.29, 1.82) is 0 Å². The number of aliphatic hydroxyl groups excluding tert-OH is 2. The topological polar surface area (TPSA) is 40.5 Å². The van der Waals surface area contributed by atoms with Crippen LogP contribution in [0.15, 0.2) is 0 Å². The second-order valence-electron chi connectivity index (χ2n) is 11.8. The zero-order valence-corrected chi connectivity index (χ0v) is 19.0. The van der Waals surface area contributed by atoms with Crippen molar-refractivity contribution in [3.63, 3.8) is 0 Å². The second kappa shape index (κ2) is 7.88. The maximum Gasteiger partial charge on any atom is 0.0605 e. The minimum Gasteiger partial charge on any atom is -0.396 e. The molecule has 4 aliphatic rings. The summed E-state index contributed by atoms with van der Waals surface area (Å²) < 4.78 is 0. The van der Waals surface area contributed by atoms with Crippen LogP contribution in [0.2, 0.25) is 0 Å². The zero-order chi connectivity index (χ0) is 20.1. The average Bonchev–Trinajstić information content (AvgIpc) is 3.04. The first-order valence-corrected chi connectivity index (χ1v) is 12.7. The molecule has 0 heterocycles. The van der Waals surface area contributed by atoms with Crippen molar-refractivity contribution in [2.75, 3.05) is 6.61 Å². The van der Waals surface area contributed by atoms with Gasteiger partial charge in [0.1, 0.15) is 0 Å². The fraction of sp³-hybridized carbons (Fsp3) is 1.00. The van der Waals surface area contributed by atoms with Crippen LogP contribution >= 0.6 is 0 Å². The van der Waals surface area contributed by atoms with Gasteiger partial charge in [-0.1, -0.05) is 47.0 Å². The minimum atomic E-state index is -0.0673. The molecular weight excluding hydrogens is 344 g/mol. The average molecular weight is 391 g/mol. The van der Waals surface area contributed by atoms with Gasteiger partial charge in [0, 0.05) is 6.61 Å². The lowest BCUT2D eigenvalue weighted by atomic mass is 9.41. The van der Waals surface area contributed by atoms with Crippen LogP contribution in [-0.4, -0.2) is 22.9 Å². The highest BCUT2D eigenvalue weighted by Gasteiger charge is 2.64. The molecule has 4 rings (SSSR count). The van der Waals surface area contributed by atoms with Crippen molar-refractivity contribution in [1.82, 2.24) is 0 Å². The molecule has 0 aromatic rings. The van der Waals surface area contributed by atoms with Crippen LogP contribution in [-0.2, 0) is 0 Å². The molecule has 2 nitrogen and oxygen atoms in total. The summed E-state index contributed by atoms with van der Waals surface area (Å²) in [6.45, 7) is 10.3. The molecule has 4 fully saturated rings. The number of aliphatic hydroxyl groups is 2. The summed E-state index contributed by atoms with van der Waals surface area (Å²) in [5, 5.41) is 21.0. The lowest BCUT2D eigenvalue weighted by Crippen LogP contribution is -2.61. The van der Waals surface area contributed by atoms with Crippen LogP contribution in [0.4, 0.5) is 0 Å². The third-order valence-corrected chi connectivity index (χ3v) is 10.9. The molecular formula is C26H46O2. The highest BCUT2D eigenvalue weighted by molar-refractivity contribution is 5.13. The first-order valence-electron chi connectivity index (χ1n) is 12.7. The molecule has 0 radical (unpaired) electrons. The first kappa shape index (κ1) is 21.2. The largest absolute Gasteiger partial charge is 0.396 e. The summed E-state index contributed by atoms with van der Waals surface area (Å²) in [6.07, 6.45) is 14.2. The van der Waals surface area contributed by atoms with Crippen LogP contribution in [0.3, 0.4) is 0 Å². The number of hydrogen-bond donors (Lipinski definition) is 2. The standard InChI is InChI=1S/C26H46O2/c1-5-18-20-10-6-7-14-25(20,3)22-13-15-26(4)19(17(2)9-8-16-27)11-12-21(26)23(22)24(18)28/h17-24,27-28H,5-16H2,1-4H3/t17-,18+,19-,20+,21?,22?,23?,24?,25+,26-/m1/s1. The molecule has 4 aliphatic carbocycles. The second-order valence-corrected chi connectivity index (χ2v) is 11.8. The molecule has 2 N–H and O–H groups in total. The molecule has 28 heavy (non-hydrogen) atoms. The Balaban J connectivity index is 1.63. The Morgan fingerprint density at radius 2 is 1.68 bits per heavy atom. The fourth-order valence-electron chi connectivity index (χ4n) is 9.63. The van der Waals surface area contributed by atoms with Gasteiger partial charge in [0.15, 0.2) is 0 Å². The smallest absolute Gasteiger partial charge is 0.0605 e. The summed E-state index contributed by atoms with van der Waals surface area (Å²) >= 11 is 0. The Hall–Kier alpha value is -0.0800. The maximum absolute atomic E-state index is 11.7. The Morgan fingerprint density at radius 1 is 0.929 bits per heavy atom. The Kier molecular flexibility index (Phi) is 5.95. The predicted octanol–water partition coefficient (Wildman–Crippen LogP) is 6.05. The van der Waals surface area contributed by atoms with Crippen molar-refractivity contribution in [2.24, 2.45) is 52.3 Å². The summed E-state index contributed by atoms with van der Waals surface area (Å²) in [5.41, 5.74) is 0.887. The Labute approximate surface area is 173 Å². The van der Waals surface area contributed by atoms with Gasteiger partial charge in [0.05, 0.1) is 6.10 Å². The quantitative estimate of drug-likeness (QED) is 0.600. The van der Waals surface area contributed by atoms with E-state index >= 15 is 0 Å². The molecule has 10 atom stereocenters. The van der Waals surface area contributed by atoms with Gasteiger partial charge in [-0.05, 0) is 104 Å². The van der Waals surface area contributed by atoms with Crippen molar-refractivity contribution >= 4 is 0 Å². The third kappa shape index (κ3) is 3.03. The highest BCUT2D eigenvalue weighted by atomic mass is 16.3. The van der Waals surface area contributed by atoms with E-state index in [1.807, 2.05) is 0 Å². The van der Waals surface area contributed by atoms with Gasteiger partial charge in [-0.3, -0.25) is 0 Å². The number of fused-ring (bicyclic) bond motifs is 5. The molecule has 4 unspecified atom stereocenters. The minimum absolute atomic E-state index is 0.0673. The van der Waals surface area contributed by atoms with Gasteiger partial charge in [0.25, 0.3) is 0 Å².